The molecule has 5 rings (SSSR count). The number of aryl methyl sites for hydroxylation is 1. The highest BCUT2D eigenvalue weighted by Crippen LogP contribution is 2.68. The molecule has 4 saturated carbocycles. The van der Waals surface area contributed by atoms with Crippen LogP contribution in [0.5, 0.6) is 0 Å². The molecule has 9 atom stereocenters. The summed E-state index contributed by atoms with van der Waals surface area (Å²) in [7, 11) is -3.78. The van der Waals surface area contributed by atoms with Crippen LogP contribution < -0.4 is 0 Å². The topological polar surface area (TPSA) is 69.7 Å². The van der Waals surface area contributed by atoms with Gasteiger partial charge in [-0.05, 0) is 124 Å². The molecule has 1 aromatic carbocycles. The summed E-state index contributed by atoms with van der Waals surface area (Å²) in [5, 5.41) is 0. The Morgan fingerprint density at radius 3 is 2.31 bits per heavy atom. The molecule has 0 aromatic heterocycles. The average molecular weight is 517 g/mol. The van der Waals surface area contributed by atoms with Crippen LogP contribution in [0.15, 0.2) is 29.2 Å². The van der Waals surface area contributed by atoms with Gasteiger partial charge in [-0.1, -0.05) is 31.5 Å². The second-order valence-electron chi connectivity index (χ2n) is 13.0. The van der Waals surface area contributed by atoms with Crippen LogP contribution in [0, 0.1) is 47.3 Å². The molecule has 9 unspecified atom stereocenters. The molecular weight excluding hydrogens is 472 g/mol. The van der Waals surface area contributed by atoms with E-state index in [0.717, 1.165) is 43.6 Å². The lowest BCUT2D eigenvalue weighted by Gasteiger charge is -2.61. The molecule has 36 heavy (non-hydrogen) atoms. The Bertz CT molecular complexity index is 1080. The van der Waals surface area contributed by atoms with Gasteiger partial charge in [0.25, 0.3) is 10.1 Å². The first-order valence-electron chi connectivity index (χ1n) is 14.1. The van der Waals surface area contributed by atoms with Gasteiger partial charge in [-0.2, -0.15) is 8.42 Å². The molecule has 0 radical (unpaired) electrons. The molecule has 0 N–H and O–H groups in total. The second-order valence-corrected chi connectivity index (χ2v) is 14.5. The van der Waals surface area contributed by atoms with Crippen molar-refractivity contribution in [2.45, 2.75) is 110 Å². The summed E-state index contributed by atoms with van der Waals surface area (Å²) in [5.74, 6) is 2.82. The van der Waals surface area contributed by atoms with Gasteiger partial charge in [0.05, 0.1) is 11.0 Å². The minimum absolute atomic E-state index is 0.0929. The molecule has 0 saturated heterocycles. The van der Waals surface area contributed by atoms with Gasteiger partial charge in [0.2, 0.25) is 0 Å². The predicted octanol–water partition coefficient (Wildman–Crippen LogP) is 6.68. The van der Waals surface area contributed by atoms with E-state index in [-0.39, 0.29) is 34.4 Å². The number of carbonyl (C=O) groups is 1. The molecule has 0 bridgehead atoms. The van der Waals surface area contributed by atoms with Crippen LogP contribution in [0.4, 0.5) is 0 Å². The van der Waals surface area contributed by atoms with Crippen molar-refractivity contribution in [2.75, 3.05) is 0 Å². The summed E-state index contributed by atoms with van der Waals surface area (Å²) in [4.78, 5) is 11.8. The number of hydrogen-bond acceptors (Lipinski definition) is 5. The zero-order valence-electron chi connectivity index (χ0n) is 22.7. The van der Waals surface area contributed by atoms with Gasteiger partial charge in [-0.3, -0.25) is 8.98 Å². The van der Waals surface area contributed by atoms with Crippen LogP contribution in [0.3, 0.4) is 0 Å². The van der Waals surface area contributed by atoms with Gasteiger partial charge < -0.3 is 4.74 Å². The lowest BCUT2D eigenvalue weighted by atomic mass is 9.44. The lowest BCUT2D eigenvalue weighted by Crippen LogP contribution is -2.54. The molecule has 0 aliphatic heterocycles. The SMILES string of the molecule is CC(=O)OC1CCC2(C)C(CCC3C2CCC2(C)C(C(C)OS(=O)(=O)c4ccc(C)cc4)CCC32)C1. The molecule has 6 heteroatoms. The summed E-state index contributed by atoms with van der Waals surface area (Å²) in [6.07, 6.45) is 9.99. The largest absolute Gasteiger partial charge is 0.463 e. The molecule has 0 heterocycles. The summed E-state index contributed by atoms with van der Waals surface area (Å²) >= 11 is 0. The van der Waals surface area contributed by atoms with Crippen molar-refractivity contribution in [3.8, 4) is 0 Å². The number of carbonyl (C=O) groups excluding carboxylic acids is 1. The van der Waals surface area contributed by atoms with Crippen LogP contribution in [0.2, 0.25) is 0 Å². The molecule has 0 spiro atoms. The van der Waals surface area contributed by atoms with Crippen molar-refractivity contribution < 1.29 is 22.1 Å². The van der Waals surface area contributed by atoms with E-state index < -0.39 is 10.1 Å². The molecule has 200 valence electrons. The van der Waals surface area contributed by atoms with Crippen molar-refractivity contribution >= 4 is 16.1 Å². The van der Waals surface area contributed by atoms with Crippen molar-refractivity contribution in [1.82, 2.24) is 0 Å². The number of fused-ring (bicyclic) bond motifs is 5. The first-order valence-corrected chi connectivity index (χ1v) is 15.5. The predicted molar refractivity (Wildman–Crippen MR) is 140 cm³/mol. The first-order chi connectivity index (χ1) is 16.9. The smallest absolute Gasteiger partial charge is 0.302 e. The Hall–Kier alpha value is -1.40. The maximum atomic E-state index is 13.0. The van der Waals surface area contributed by atoms with Crippen LogP contribution in [-0.2, 0) is 23.8 Å². The summed E-state index contributed by atoms with van der Waals surface area (Å²) in [5.41, 5.74) is 1.49. The Morgan fingerprint density at radius 1 is 0.944 bits per heavy atom. The van der Waals surface area contributed by atoms with Crippen LogP contribution >= 0.6 is 0 Å². The Labute approximate surface area is 217 Å². The second kappa shape index (κ2) is 9.41. The average Bonchev–Trinajstić information content (AvgIpc) is 3.16. The highest BCUT2D eigenvalue weighted by atomic mass is 32.2. The van der Waals surface area contributed by atoms with Gasteiger partial charge >= 0.3 is 5.97 Å². The summed E-state index contributed by atoms with van der Waals surface area (Å²) < 4.78 is 37.6. The number of benzene rings is 1. The maximum absolute atomic E-state index is 13.0. The molecule has 1 aromatic rings. The third-order valence-electron chi connectivity index (χ3n) is 11.2. The van der Waals surface area contributed by atoms with E-state index in [2.05, 4.69) is 13.8 Å². The first kappa shape index (κ1) is 26.2. The monoisotopic (exact) mass is 516 g/mol. The minimum Gasteiger partial charge on any atom is -0.463 e. The summed E-state index contributed by atoms with van der Waals surface area (Å²) in [6, 6.07) is 6.95. The zero-order chi connectivity index (χ0) is 25.9. The quantitative estimate of drug-likeness (QED) is 0.322. The third kappa shape index (κ3) is 4.44. The number of ether oxygens (including phenoxy) is 1. The molecule has 0 amide bonds. The Kier molecular flexibility index (Phi) is 6.85. The van der Waals surface area contributed by atoms with E-state index in [0.29, 0.717) is 23.2 Å². The van der Waals surface area contributed by atoms with Crippen LogP contribution in [0.25, 0.3) is 0 Å². The van der Waals surface area contributed by atoms with Gasteiger partial charge in [0, 0.05) is 6.92 Å². The van der Waals surface area contributed by atoms with Gasteiger partial charge in [0.1, 0.15) is 6.10 Å². The standard InChI is InChI=1S/C30H44O5S/c1-19-6-9-24(10-7-19)36(32,33)35-20(2)26-12-13-27-25-11-8-22-18-23(34-21(3)31)14-16-29(22,4)28(25)15-17-30(26,27)5/h6-7,9-10,20,22-23,25-28H,8,11-18H2,1-5H3. The molecular formula is C30H44O5S. The van der Waals surface area contributed by atoms with E-state index >= 15 is 0 Å². The van der Waals surface area contributed by atoms with Gasteiger partial charge in [0.15, 0.2) is 0 Å². The number of hydrogen-bond donors (Lipinski definition) is 0. The van der Waals surface area contributed by atoms with Crippen LogP contribution in [0.1, 0.15) is 91.0 Å². The lowest BCUT2D eigenvalue weighted by molar-refractivity contribution is -0.160. The van der Waals surface area contributed by atoms with E-state index in [1.54, 1.807) is 12.1 Å². The van der Waals surface area contributed by atoms with E-state index in [1.165, 1.54) is 32.6 Å². The number of rotatable bonds is 5. The fraction of sp³-hybridized carbons (Fsp3) is 0.767. The van der Waals surface area contributed by atoms with Crippen molar-refractivity contribution in [1.29, 1.82) is 0 Å². The highest BCUT2D eigenvalue weighted by molar-refractivity contribution is 7.86. The highest BCUT2D eigenvalue weighted by Gasteiger charge is 2.61. The minimum atomic E-state index is -3.78. The zero-order valence-corrected chi connectivity index (χ0v) is 23.5. The van der Waals surface area contributed by atoms with Crippen molar-refractivity contribution in [3.63, 3.8) is 0 Å². The fourth-order valence-electron chi connectivity index (χ4n) is 9.40. The molecule has 4 aliphatic rings. The summed E-state index contributed by atoms with van der Waals surface area (Å²) in [6.45, 7) is 10.4. The molecule has 4 aliphatic carbocycles. The maximum Gasteiger partial charge on any atom is 0.302 e. The number of esters is 1. The third-order valence-corrected chi connectivity index (χ3v) is 12.6. The van der Waals surface area contributed by atoms with E-state index in [4.69, 9.17) is 8.92 Å². The van der Waals surface area contributed by atoms with Crippen molar-refractivity contribution in [2.24, 2.45) is 40.4 Å². The Balaban J connectivity index is 1.30. The molecule has 5 nitrogen and oxygen atoms in total. The fourth-order valence-corrected chi connectivity index (χ4v) is 10.5. The van der Waals surface area contributed by atoms with Gasteiger partial charge in [-0.25, -0.2) is 0 Å². The van der Waals surface area contributed by atoms with E-state index in [9.17, 15) is 13.2 Å². The van der Waals surface area contributed by atoms with E-state index in [1.807, 2.05) is 26.0 Å². The van der Waals surface area contributed by atoms with Gasteiger partial charge in [-0.15, -0.1) is 0 Å². The normalized spacial score (nSPS) is 41.0. The molecule has 4 fully saturated rings. The van der Waals surface area contributed by atoms with Crippen LogP contribution in [-0.4, -0.2) is 26.6 Å². The Morgan fingerprint density at radius 2 is 1.61 bits per heavy atom. The van der Waals surface area contributed by atoms with Crippen molar-refractivity contribution in [3.05, 3.63) is 29.8 Å².